The Hall–Kier alpha value is -0.870. The average Bonchev–Trinajstić information content (AvgIpc) is 2.73. The van der Waals surface area contributed by atoms with Crippen LogP contribution in [0.3, 0.4) is 0 Å². The Morgan fingerprint density at radius 3 is 2.68 bits per heavy atom. The van der Waals surface area contributed by atoms with E-state index < -0.39 is 11.7 Å². The number of hydrogen-bond donors (Lipinski definition) is 2. The van der Waals surface area contributed by atoms with Gasteiger partial charge in [0.25, 0.3) is 0 Å². The Morgan fingerprint density at radius 2 is 2.11 bits per heavy atom. The van der Waals surface area contributed by atoms with E-state index in [1.807, 2.05) is 24.6 Å². The van der Waals surface area contributed by atoms with Crippen molar-refractivity contribution in [3.63, 3.8) is 0 Å². The highest BCUT2D eigenvalue weighted by Gasteiger charge is 2.38. The molecule has 4 heteroatoms. The van der Waals surface area contributed by atoms with Gasteiger partial charge in [0.1, 0.15) is 0 Å². The highest BCUT2D eigenvalue weighted by atomic mass is 16.3. The lowest BCUT2D eigenvalue weighted by Crippen LogP contribution is -2.46. The number of aryl methyl sites for hydroxylation is 2. The van der Waals surface area contributed by atoms with Crippen LogP contribution < -0.4 is 0 Å². The molecule has 19 heavy (non-hydrogen) atoms. The normalized spacial score (nSPS) is 29.4. The van der Waals surface area contributed by atoms with Gasteiger partial charge in [-0.2, -0.15) is 5.10 Å². The van der Waals surface area contributed by atoms with Gasteiger partial charge in [-0.15, -0.1) is 0 Å². The number of nitrogens with zero attached hydrogens (tertiary/aromatic N) is 2. The Kier molecular flexibility index (Phi) is 4.31. The van der Waals surface area contributed by atoms with E-state index in [1.165, 1.54) is 0 Å². The summed E-state index contributed by atoms with van der Waals surface area (Å²) < 4.78 is 1.91. The van der Waals surface area contributed by atoms with Crippen LogP contribution in [0.5, 0.6) is 0 Å². The lowest BCUT2D eigenvalue weighted by Gasteiger charge is -2.38. The molecular formula is C15H26N2O2. The summed E-state index contributed by atoms with van der Waals surface area (Å²) in [6, 6.07) is 2.00. The molecule has 1 heterocycles. The first kappa shape index (κ1) is 14.5. The van der Waals surface area contributed by atoms with Crippen LogP contribution in [-0.2, 0) is 13.0 Å². The van der Waals surface area contributed by atoms with Crippen molar-refractivity contribution < 1.29 is 10.2 Å². The summed E-state index contributed by atoms with van der Waals surface area (Å²) in [5, 5.41) is 25.4. The highest BCUT2D eigenvalue weighted by Crippen LogP contribution is 2.35. The largest absolute Gasteiger partial charge is 0.390 e. The number of rotatable bonds is 4. The number of aliphatic hydroxyl groups is 2. The van der Waals surface area contributed by atoms with E-state index in [0.29, 0.717) is 25.2 Å². The molecule has 2 rings (SSSR count). The van der Waals surface area contributed by atoms with Crippen LogP contribution in [0.25, 0.3) is 0 Å². The Balaban J connectivity index is 2.05. The molecule has 108 valence electrons. The summed E-state index contributed by atoms with van der Waals surface area (Å²) in [5.41, 5.74) is 1.07. The fourth-order valence-corrected chi connectivity index (χ4v) is 3.02. The van der Waals surface area contributed by atoms with Crippen molar-refractivity contribution in [2.24, 2.45) is 5.92 Å². The van der Waals surface area contributed by atoms with Gasteiger partial charge in [0.2, 0.25) is 0 Å². The van der Waals surface area contributed by atoms with Gasteiger partial charge in [0.15, 0.2) is 0 Å². The third-order valence-corrected chi connectivity index (χ3v) is 4.45. The third-order valence-electron chi connectivity index (χ3n) is 4.45. The molecule has 0 bridgehead atoms. The smallest absolute Gasteiger partial charge is 0.0909 e. The van der Waals surface area contributed by atoms with Crippen LogP contribution in [-0.4, -0.2) is 31.7 Å². The van der Waals surface area contributed by atoms with Gasteiger partial charge in [0, 0.05) is 18.7 Å². The predicted molar refractivity (Wildman–Crippen MR) is 74.9 cm³/mol. The molecule has 0 amide bonds. The van der Waals surface area contributed by atoms with Crippen molar-refractivity contribution in [2.75, 3.05) is 0 Å². The molecule has 1 aromatic rings. The van der Waals surface area contributed by atoms with Crippen LogP contribution in [0.1, 0.15) is 50.9 Å². The van der Waals surface area contributed by atoms with Crippen LogP contribution in [0.4, 0.5) is 0 Å². The molecule has 0 aromatic carbocycles. The van der Waals surface area contributed by atoms with Crippen LogP contribution in [0.2, 0.25) is 0 Å². The second-order valence-electron chi connectivity index (χ2n) is 6.10. The van der Waals surface area contributed by atoms with E-state index in [2.05, 4.69) is 12.0 Å². The first-order valence-electron chi connectivity index (χ1n) is 7.38. The Labute approximate surface area is 115 Å². The molecule has 0 spiro atoms. The maximum absolute atomic E-state index is 10.6. The molecule has 1 unspecified atom stereocenters. The monoisotopic (exact) mass is 266 g/mol. The zero-order valence-electron chi connectivity index (χ0n) is 12.3. The zero-order chi connectivity index (χ0) is 14.0. The van der Waals surface area contributed by atoms with E-state index in [4.69, 9.17) is 0 Å². The summed E-state index contributed by atoms with van der Waals surface area (Å²) in [5.74, 6) is 0.663. The summed E-state index contributed by atoms with van der Waals surface area (Å²) >= 11 is 0. The first-order valence-corrected chi connectivity index (χ1v) is 7.38. The molecule has 1 fully saturated rings. The van der Waals surface area contributed by atoms with E-state index in [9.17, 15) is 10.2 Å². The van der Waals surface area contributed by atoms with Crippen LogP contribution in [0.15, 0.2) is 6.07 Å². The fourth-order valence-electron chi connectivity index (χ4n) is 3.02. The summed E-state index contributed by atoms with van der Waals surface area (Å²) in [4.78, 5) is 0. The Bertz CT molecular complexity index is 420. The Morgan fingerprint density at radius 1 is 1.47 bits per heavy atom. The van der Waals surface area contributed by atoms with Gasteiger partial charge in [-0.1, -0.05) is 6.92 Å². The SMILES string of the molecule is CCn1nc(C)cc1CC(O)C1(O)CCC(C)CC1. The van der Waals surface area contributed by atoms with Crippen molar-refractivity contribution in [3.8, 4) is 0 Å². The second kappa shape index (κ2) is 5.63. The van der Waals surface area contributed by atoms with E-state index in [0.717, 1.165) is 30.8 Å². The molecule has 1 aromatic heterocycles. The molecule has 0 aliphatic heterocycles. The van der Waals surface area contributed by atoms with E-state index in [-0.39, 0.29) is 0 Å². The quantitative estimate of drug-likeness (QED) is 0.877. The maximum Gasteiger partial charge on any atom is 0.0909 e. The predicted octanol–water partition coefficient (Wildman–Crippen LogP) is 2.06. The third kappa shape index (κ3) is 3.18. The van der Waals surface area contributed by atoms with Crippen LogP contribution in [0, 0.1) is 12.8 Å². The van der Waals surface area contributed by atoms with Gasteiger partial charge >= 0.3 is 0 Å². The molecule has 4 nitrogen and oxygen atoms in total. The molecule has 1 saturated carbocycles. The van der Waals surface area contributed by atoms with Crippen molar-refractivity contribution in [2.45, 2.75) is 71.1 Å². The zero-order valence-corrected chi connectivity index (χ0v) is 12.3. The van der Waals surface area contributed by atoms with Crippen LogP contribution >= 0.6 is 0 Å². The fraction of sp³-hybridized carbons (Fsp3) is 0.800. The second-order valence-corrected chi connectivity index (χ2v) is 6.10. The minimum Gasteiger partial charge on any atom is -0.390 e. The van der Waals surface area contributed by atoms with Crippen molar-refractivity contribution >= 4 is 0 Å². The lowest BCUT2D eigenvalue weighted by atomic mass is 9.75. The van der Waals surface area contributed by atoms with Gasteiger partial charge < -0.3 is 10.2 Å². The van der Waals surface area contributed by atoms with Crippen molar-refractivity contribution in [1.82, 2.24) is 9.78 Å². The van der Waals surface area contributed by atoms with Gasteiger partial charge in [0.05, 0.1) is 17.4 Å². The lowest BCUT2D eigenvalue weighted by molar-refractivity contribution is -0.103. The summed E-state index contributed by atoms with van der Waals surface area (Å²) in [6.07, 6.45) is 3.20. The molecule has 1 aliphatic carbocycles. The van der Waals surface area contributed by atoms with Crippen molar-refractivity contribution in [3.05, 3.63) is 17.5 Å². The average molecular weight is 266 g/mol. The van der Waals surface area contributed by atoms with E-state index in [1.54, 1.807) is 0 Å². The standard InChI is InChI=1S/C15H26N2O2/c1-4-17-13(9-12(3)16-17)10-14(18)15(19)7-5-11(2)6-8-15/h9,11,14,18-19H,4-8,10H2,1-3H3. The van der Waals surface area contributed by atoms with Gasteiger partial charge in [-0.25, -0.2) is 0 Å². The number of aliphatic hydroxyl groups excluding tert-OH is 1. The molecule has 1 aliphatic rings. The maximum atomic E-state index is 10.6. The molecule has 0 saturated heterocycles. The molecule has 2 N–H and O–H groups in total. The summed E-state index contributed by atoms with van der Waals surface area (Å²) in [7, 11) is 0. The minimum atomic E-state index is -0.913. The van der Waals surface area contributed by atoms with Crippen molar-refractivity contribution in [1.29, 1.82) is 0 Å². The minimum absolute atomic E-state index is 0.486. The molecule has 1 atom stereocenters. The highest BCUT2D eigenvalue weighted by molar-refractivity contribution is 5.11. The van der Waals surface area contributed by atoms with Gasteiger partial charge in [-0.3, -0.25) is 4.68 Å². The van der Waals surface area contributed by atoms with E-state index >= 15 is 0 Å². The number of aromatic nitrogens is 2. The topological polar surface area (TPSA) is 58.3 Å². The first-order chi connectivity index (χ1) is 8.94. The molecular weight excluding hydrogens is 240 g/mol. The molecule has 0 radical (unpaired) electrons. The van der Waals surface area contributed by atoms with Gasteiger partial charge in [-0.05, 0) is 51.5 Å². The number of hydrogen-bond acceptors (Lipinski definition) is 3. The summed E-state index contributed by atoms with van der Waals surface area (Å²) in [6.45, 7) is 7.01.